The van der Waals surface area contributed by atoms with Crippen LogP contribution in [0.25, 0.3) is 6.08 Å². The molecule has 1 aliphatic heterocycles. The van der Waals surface area contributed by atoms with Crippen molar-refractivity contribution in [2.24, 2.45) is 4.99 Å². The van der Waals surface area contributed by atoms with Crippen LogP contribution in [0, 0.1) is 0 Å². The van der Waals surface area contributed by atoms with Gasteiger partial charge in [0.05, 0.1) is 0 Å². The van der Waals surface area contributed by atoms with Crippen molar-refractivity contribution in [3.63, 3.8) is 0 Å². The Kier molecular flexibility index (Phi) is 7.99. The van der Waals surface area contributed by atoms with Gasteiger partial charge in [0.15, 0.2) is 0 Å². The zero-order valence-electron chi connectivity index (χ0n) is 21.8. The lowest BCUT2D eigenvalue weighted by Crippen LogP contribution is -2.49. The van der Waals surface area contributed by atoms with Crippen molar-refractivity contribution in [2.45, 2.75) is 6.92 Å². The van der Waals surface area contributed by atoms with Gasteiger partial charge in [-0.1, -0.05) is 126 Å². The summed E-state index contributed by atoms with van der Waals surface area (Å²) >= 11 is 0. The maximum atomic E-state index is 12.5. The van der Waals surface area contributed by atoms with Crippen molar-refractivity contribution in [2.75, 3.05) is 11.4 Å². The van der Waals surface area contributed by atoms with E-state index in [1.807, 2.05) is 91.0 Å². The van der Waals surface area contributed by atoms with Gasteiger partial charge in [0.25, 0.3) is 6.71 Å². The molecule has 1 aliphatic rings. The van der Waals surface area contributed by atoms with E-state index in [-0.39, 0.29) is 12.4 Å². The highest BCUT2D eigenvalue weighted by atomic mass is 16.4. The van der Waals surface area contributed by atoms with E-state index in [9.17, 15) is 9.90 Å². The minimum atomic E-state index is -1.08. The first-order valence-electron chi connectivity index (χ1n) is 13.1. The lowest BCUT2D eigenvalue weighted by molar-refractivity contribution is -0.132. The zero-order chi connectivity index (χ0) is 27.0. The number of aliphatic imine (C=N–C) groups is 1. The molecule has 190 valence electrons. The number of anilines is 1. The molecule has 4 aromatic rings. The molecule has 0 atom stereocenters. The molecule has 4 aromatic carbocycles. The number of carbonyl (C=O) groups is 1. The van der Waals surface area contributed by atoms with E-state index in [1.165, 1.54) is 0 Å². The van der Waals surface area contributed by atoms with E-state index in [1.54, 1.807) is 6.08 Å². The Bertz CT molecular complexity index is 1520. The van der Waals surface area contributed by atoms with E-state index in [0.717, 1.165) is 40.0 Å². The van der Waals surface area contributed by atoms with Crippen LogP contribution in [-0.2, 0) is 4.79 Å². The van der Waals surface area contributed by atoms with Crippen molar-refractivity contribution < 1.29 is 9.90 Å². The summed E-state index contributed by atoms with van der Waals surface area (Å²) in [5.41, 5.74) is 6.75. The molecule has 0 saturated heterocycles. The fourth-order valence-corrected chi connectivity index (χ4v) is 4.93. The van der Waals surface area contributed by atoms with Gasteiger partial charge in [0.1, 0.15) is 5.70 Å². The second-order valence-electron chi connectivity index (χ2n) is 9.20. The molecule has 0 amide bonds. The van der Waals surface area contributed by atoms with Gasteiger partial charge in [0.2, 0.25) is 0 Å². The molecular weight excluding hydrogens is 479 g/mol. The summed E-state index contributed by atoms with van der Waals surface area (Å²) in [4.78, 5) is 19.6. The van der Waals surface area contributed by atoms with Crippen LogP contribution in [0.3, 0.4) is 0 Å². The maximum Gasteiger partial charge on any atom is 0.354 e. The topological polar surface area (TPSA) is 52.9 Å². The lowest BCUT2D eigenvalue weighted by Gasteiger charge is -2.29. The van der Waals surface area contributed by atoms with Gasteiger partial charge in [-0.25, -0.2) is 4.79 Å². The quantitative estimate of drug-likeness (QED) is 0.188. The van der Waals surface area contributed by atoms with Gasteiger partial charge in [-0.05, 0) is 42.3 Å². The van der Waals surface area contributed by atoms with Gasteiger partial charge in [0, 0.05) is 23.5 Å². The third-order valence-electron chi connectivity index (χ3n) is 6.77. The molecule has 0 bridgehead atoms. The average Bonchev–Trinajstić information content (AvgIpc) is 2.99. The van der Waals surface area contributed by atoms with Crippen LogP contribution in [0.5, 0.6) is 0 Å². The molecule has 4 nitrogen and oxygen atoms in total. The first kappa shape index (κ1) is 25.7. The predicted octanol–water partition coefficient (Wildman–Crippen LogP) is 5.73. The predicted molar refractivity (Wildman–Crippen MR) is 163 cm³/mol. The zero-order valence-corrected chi connectivity index (χ0v) is 21.8. The van der Waals surface area contributed by atoms with Crippen LogP contribution in [-0.4, -0.2) is 29.9 Å². The SMILES string of the molecule is CCN1C(=CC=C(N=C(B(c2ccccc2)c2ccccc2)c2ccccc2)C(=O)O)C=Cc2ccccc21. The van der Waals surface area contributed by atoms with E-state index >= 15 is 0 Å². The number of nitrogens with zero attached hydrogens (tertiary/aromatic N) is 2. The molecule has 0 radical (unpaired) electrons. The molecular formula is C34H29BN2O2. The van der Waals surface area contributed by atoms with Crippen LogP contribution in [0.15, 0.2) is 150 Å². The first-order valence-corrected chi connectivity index (χ1v) is 13.1. The van der Waals surface area contributed by atoms with Gasteiger partial charge in [-0.3, -0.25) is 4.99 Å². The summed E-state index contributed by atoms with van der Waals surface area (Å²) in [7, 11) is 0. The molecule has 0 unspecified atom stereocenters. The molecule has 0 spiro atoms. The highest BCUT2D eigenvalue weighted by molar-refractivity contribution is 7.10. The second kappa shape index (κ2) is 12.1. The molecule has 5 heteroatoms. The molecule has 0 fully saturated rings. The Hall–Kier alpha value is -4.90. The summed E-state index contributed by atoms with van der Waals surface area (Å²) in [6.07, 6.45) is 7.52. The van der Waals surface area contributed by atoms with Crippen LogP contribution < -0.4 is 15.8 Å². The third-order valence-corrected chi connectivity index (χ3v) is 6.77. The summed E-state index contributed by atoms with van der Waals surface area (Å²) in [5, 5.41) is 10.3. The van der Waals surface area contributed by atoms with Crippen LogP contribution in [0.2, 0.25) is 0 Å². The van der Waals surface area contributed by atoms with E-state index in [4.69, 9.17) is 4.99 Å². The normalized spacial score (nSPS) is 14.3. The first-order chi connectivity index (χ1) is 19.2. The van der Waals surface area contributed by atoms with Gasteiger partial charge in [-0.15, -0.1) is 0 Å². The summed E-state index contributed by atoms with van der Waals surface area (Å²) in [6.45, 7) is 2.59. The molecule has 39 heavy (non-hydrogen) atoms. The van der Waals surface area contributed by atoms with Gasteiger partial charge in [-0.2, -0.15) is 0 Å². The molecule has 0 aromatic heterocycles. The Morgan fingerprint density at radius 3 is 1.95 bits per heavy atom. The summed E-state index contributed by atoms with van der Waals surface area (Å²) in [5.74, 6) is -1.08. The minimum Gasteiger partial charge on any atom is -0.477 e. The molecule has 0 aliphatic carbocycles. The Morgan fingerprint density at radius 1 is 0.795 bits per heavy atom. The number of hydrogen-bond donors (Lipinski definition) is 1. The Labute approximate surface area is 230 Å². The van der Waals surface area contributed by atoms with Crippen molar-refractivity contribution in [3.05, 3.63) is 156 Å². The fraction of sp³-hybridized carbons (Fsp3) is 0.0588. The smallest absolute Gasteiger partial charge is 0.354 e. The number of para-hydroxylation sites is 1. The molecule has 1 N–H and O–H groups in total. The van der Waals surface area contributed by atoms with Crippen LogP contribution >= 0.6 is 0 Å². The van der Waals surface area contributed by atoms with Crippen LogP contribution in [0.4, 0.5) is 5.69 Å². The number of allylic oxidation sites excluding steroid dienone is 3. The largest absolute Gasteiger partial charge is 0.477 e. The van der Waals surface area contributed by atoms with E-state index < -0.39 is 5.97 Å². The molecule has 0 saturated carbocycles. The average molecular weight is 508 g/mol. The monoisotopic (exact) mass is 508 g/mol. The number of likely N-dealkylation sites (N-methyl/N-ethyl adjacent to an activating group) is 1. The van der Waals surface area contributed by atoms with E-state index in [0.29, 0.717) is 5.61 Å². The van der Waals surface area contributed by atoms with Crippen molar-refractivity contribution >= 4 is 41.0 Å². The highest BCUT2D eigenvalue weighted by Gasteiger charge is 2.27. The lowest BCUT2D eigenvalue weighted by atomic mass is 9.36. The third kappa shape index (κ3) is 5.83. The van der Waals surface area contributed by atoms with Crippen molar-refractivity contribution in [3.8, 4) is 0 Å². The van der Waals surface area contributed by atoms with Gasteiger partial charge < -0.3 is 10.0 Å². The minimum absolute atomic E-state index is 0.0264. The number of benzene rings is 4. The number of carboxylic acid groups (broad SMARTS) is 1. The maximum absolute atomic E-state index is 12.5. The van der Waals surface area contributed by atoms with Crippen molar-refractivity contribution in [1.82, 2.24) is 0 Å². The Balaban J connectivity index is 1.65. The number of rotatable bonds is 8. The van der Waals surface area contributed by atoms with Crippen LogP contribution in [0.1, 0.15) is 18.1 Å². The van der Waals surface area contributed by atoms with E-state index in [2.05, 4.69) is 54.3 Å². The second-order valence-corrected chi connectivity index (χ2v) is 9.20. The summed E-state index contributed by atoms with van der Waals surface area (Å²) in [6, 6.07) is 38.2. The number of aliphatic carboxylic acids is 1. The standard InChI is InChI=1S/C34H29BN2O2/c1-2-37-30(23-22-26-14-12-13-21-32(26)37)24-25-31(34(38)39)36-33(27-15-6-3-7-16-27)35(28-17-8-4-9-18-28)29-19-10-5-11-20-29/h3-25H,2H2,1H3,(H,38,39). The number of fused-ring (bicyclic) bond motifs is 1. The molecule has 5 rings (SSSR count). The van der Waals surface area contributed by atoms with Gasteiger partial charge >= 0.3 is 5.97 Å². The fourth-order valence-electron chi connectivity index (χ4n) is 4.93. The molecule has 1 heterocycles. The summed E-state index contributed by atoms with van der Waals surface area (Å²) < 4.78 is 0. The number of carboxylic acids is 1. The number of hydrogen-bond acceptors (Lipinski definition) is 3. The van der Waals surface area contributed by atoms with Crippen molar-refractivity contribution in [1.29, 1.82) is 0 Å². The highest BCUT2D eigenvalue weighted by Crippen LogP contribution is 2.30. The Morgan fingerprint density at radius 2 is 1.36 bits per heavy atom.